The van der Waals surface area contributed by atoms with E-state index >= 15 is 0 Å². The Balaban J connectivity index is 2.08. The molecule has 0 aliphatic heterocycles. The first-order valence-electron chi connectivity index (χ1n) is 6.89. The Kier molecular flexibility index (Phi) is 2.40. The summed E-state index contributed by atoms with van der Waals surface area (Å²) in [5.74, 6) is 0. The number of hydrogen-bond acceptors (Lipinski definition) is 0. The number of para-hydroxylation sites is 1. The minimum Gasteiger partial charge on any atom is -0.317 e. The summed E-state index contributed by atoms with van der Waals surface area (Å²) in [7, 11) is 0. The number of nitrogens with zero attached hydrogens (tertiary/aromatic N) is 1. The van der Waals surface area contributed by atoms with Crippen molar-refractivity contribution >= 4 is 21.7 Å². The third kappa shape index (κ3) is 1.56. The molecule has 1 nitrogen and oxygen atoms in total. The third-order valence-corrected chi connectivity index (χ3v) is 3.98. The van der Waals surface area contributed by atoms with Gasteiger partial charge in [-0.1, -0.05) is 42.5 Å². The summed E-state index contributed by atoms with van der Waals surface area (Å²) in [6.07, 6.45) is 2.15. The largest absolute Gasteiger partial charge is 0.317 e. The van der Waals surface area contributed by atoms with Gasteiger partial charge in [-0.25, -0.2) is 0 Å². The van der Waals surface area contributed by atoms with Gasteiger partial charge in [-0.2, -0.15) is 0 Å². The van der Waals surface area contributed by atoms with E-state index in [2.05, 4.69) is 78.4 Å². The van der Waals surface area contributed by atoms with Gasteiger partial charge in [0.25, 0.3) is 0 Å². The van der Waals surface area contributed by atoms with E-state index in [0.29, 0.717) is 0 Å². The van der Waals surface area contributed by atoms with E-state index in [0.717, 1.165) is 0 Å². The van der Waals surface area contributed by atoms with E-state index in [4.69, 9.17) is 0 Å². The molecular weight excluding hydrogens is 242 g/mol. The summed E-state index contributed by atoms with van der Waals surface area (Å²) >= 11 is 0. The lowest BCUT2D eigenvalue weighted by Gasteiger charge is -2.07. The third-order valence-electron chi connectivity index (χ3n) is 3.98. The van der Waals surface area contributed by atoms with Crippen LogP contribution in [0.1, 0.15) is 5.56 Å². The highest BCUT2D eigenvalue weighted by atomic mass is 15.0. The average Bonchev–Trinajstić information content (AvgIpc) is 2.93. The van der Waals surface area contributed by atoms with Crippen molar-refractivity contribution in [2.75, 3.05) is 0 Å². The highest BCUT2D eigenvalue weighted by Gasteiger charge is 2.07. The summed E-state index contributed by atoms with van der Waals surface area (Å²) in [4.78, 5) is 0. The molecule has 0 saturated heterocycles. The number of rotatable bonds is 1. The quantitative estimate of drug-likeness (QED) is 0.447. The van der Waals surface area contributed by atoms with Gasteiger partial charge in [-0.15, -0.1) is 0 Å². The molecule has 20 heavy (non-hydrogen) atoms. The molecule has 0 fully saturated rings. The summed E-state index contributed by atoms with van der Waals surface area (Å²) in [5, 5.41) is 3.98. The van der Waals surface area contributed by atoms with Gasteiger partial charge < -0.3 is 4.57 Å². The Morgan fingerprint density at radius 3 is 2.35 bits per heavy atom. The average molecular weight is 257 g/mol. The minimum absolute atomic E-state index is 1.20. The van der Waals surface area contributed by atoms with Gasteiger partial charge in [0.05, 0.1) is 5.52 Å². The van der Waals surface area contributed by atoms with E-state index in [-0.39, 0.29) is 0 Å². The monoisotopic (exact) mass is 257 g/mol. The predicted molar refractivity (Wildman–Crippen MR) is 85.5 cm³/mol. The summed E-state index contributed by atoms with van der Waals surface area (Å²) in [6, 6.07) is 23.7. The Labute approximate surface area is 118 Å². The lowest BCUT2D eigenvalue weighted by molar-refractivity contribution is 1.13. The number of fused-ring (bicyclic) bond motifs is 3. The second kappa shape index (κ2) is 4.24. The van der Waals surface area contributed by atoms with Crippen molar-refractivity contribution in [3.05, 3.63) is 78.5 Å². The molecule has 0 amide bonds. The van der Waals surface area contributed by atoms with Gasteiger partial charge in [0.1, 0.15) is 0 Å². The fraction of sp³-hybridized carbons (Fsp3) is 0.0526. The second-order valence-corrected chi connectivity index (χ2v) is 5.19. The van der Waals surface area contributed by atoms with Crippen molar-refractivity contribution in [3.8, 4) is 5.69 Å². The molecule has 1 aromatic heterocycles. The zero-order valence-corrected chi connectivity index (χ0v) is 11.4. The first kappa shape index (κ1) is 11.3. The Hall–Kier alpha value is -2.54. The molecule has 0 saturated carbocycles. The molecule has 4 rings (SSSR count). The van der Waals surface area contributed by atoms with Crippen molar-refractivity contribution in [1.29, 1.82) is 0 Å². The Bertz CT molecular complexity index is 901. The Morgan fingerprint density at radius 1 is 0.650 bits per heavy atom. The van der Waals surface area contributed by atoms with E-state index in [1.807, 2.05) is 6.07 Å². The van der Waals surface area contributed by atoms with Gasteiger partial charge in [0.2, 0.25) is 0 Å². The molecule has 0 aliphatic carbocycles. The molecule has 0 bridgehead atoms. The van der Waals surface area contributed by atoms with Gasteiger partial charge in [-0.3, -0.25) is 0 Å². The Morgan fingerprint density at radius 2 is 1.50 bits per heavy atom. The maximum absolute atomic E-state index is 2.25. The molecule has 0 unspecified atom stereocenters. The van der Waals surface area contributed by atoms with Crippen molar-refractivity contribution in [1.82, 2.24) is 4.57 Å². The van der Waals surface area contributed by atoms with Gasteiger partial charge >= 0.3 is 0 Å². The van der Waals surface area contributed by atoms with Crippen LogP contribution in [0.4, 0.5) is 0 Å². The number of hydrogen-bond donors (Lipinski definition) is 0. The normalized spacial score (nSPS) is 11.2. The van der Waals surface area contributed by atoms with Gasteiger partial charge in [0, 0.05) is 17.3 Å². The van der Waals surface area contributed by atoms with Crippen LogP contribution in [0, 0.1) is 6.92 Å². The van der Waals surface area contributed by atoms with Crippen LogP contribution < -0.4 is 0 Å². The molecule has 0 radical (unpaired) electrons. The molecule has 4 aromatic rings. The fourth-order valence-corrected chi connectivity index (χ4v) is 2.96. The highest BCUT2D eigenvalue weighted by molar-refractivity contribution is 6.08. The van der Waals surface area contributed by atoms with Crippen LogP contribution in [0.3, 0.4) is 0 Å². The molecule has 3 aromatic carbocycles. The lowest BCUT2D eigenvalue weighted by atomic mass is 10.0. The van der Waals surface area contributed by atoms with Gasteiger partial charge in [0.15, 0.2) is 0 Å². The molecule has 0 spiro atoms. The molecular formula is C19H15N. The van der Waals surface area contributed by atoms with Gasteiger partial charge in [-0.05, 0) is 47.5 Å². The molecule has 1 heteroatoms. The molecule has 96 valence electrons. The van der Waals surface area contributed by atoms with E-state index in [1.54, 1.807) is 0 Å². The first-order valence-corrected chi connectivity index (χ1v) is 6.89. The van der Waals surface area contributed by atoms with Crippen LogP contribution in [0.15, 0.2) is 72.9 Å². The number of benzene rings is 3. The van der Waals surface area contributed by atoms with Crippen molar-refractivity contribution in [2.24, 2.45) is 0 Å². The van der Waals surface area contributed by atoms with Crippen LogP contribution in [0.2, 0.25) is 0 Å². The van der Waals surface area contributed by atoms with Crippen LogP contribution in [0.5, 0.6) is 0 Å². The summed E-state index contributed by atoms with van der Waals surface area (Å²) in [5.41, 5.74) is 3.79. The van der Waals surface area contributed by atoms with E-state index in [1.165, 1.54) is 32.9 Å². The maximum Gasteiger partial charge on any atom is 0.0534 e. The first-order chi connectivity index (χ1) is 9.84. The maximum atomic E-state index is 2.25. The zero-order chi connectivity index (χ0) is 13.5. The lowest BCUT2D eigenvalue weighted by Crippen LogP contribution is -1.90. The SMILES string of the molecule is Cc1cccc2c1ccc1c2ccn1-c1ccccc1. The number of aryl methyl sites for hydroxylation is 1. The van der Waals surface area contributed by atoms with Crippen molar-refractivity contribution in [3.63, 3.8) is 0 Å². The van der Waals surface area contributed by atoms with Crippen molar-refractivity contribution in [2.45, 2.75) is 6.92 Å². The van der Waals surface area contributed by atoms with Crippen LogP contribution in [-0.4, -0.2) is 4.57 Å². The predicted octanol–water partition coefficient (Wildman–Crippen LogP) is 5.09. The molecule has 0 N–H and O–H groups in total. The second-order valence-electron chi connectivity index (χ2n) is 5.19. The van der Waals surface area contributed by atoms with Crippen LogP contribution >= 0.6 is 0 Å². The summed E-state index contributed by atoms with van der Waals surface area (Å²) < 4.78 is 2.25. The van der Waals surface area contributed by atoms with E-state index in [9.17, 15) is 0 Å². The molecule has 0 aliphatic rings. The zero-order valence-electron chi connectivity index (χ0n) is 11.4. The fourth-order valence-electron chi connectivity index (χ4n) is 2.96. The molecule has 0 atom stereocenters. The van der Waals surface area contributed by atoms with E-state index < -0.39 is 0 Å². The van der Waals surface area contributed by atoms with Crippen LogP contribution in [0.25, 0.3) is 27.4 Å². The highest BCUT2D eigenvalue weighted by Crippen LogP contribution is 2.29. The summed E-state index contributed by atoms with van der Waals surface area (Å²) in [6.45, 7) is 2.17. The van der Waals surface area contributed by atoms with Crippen molar-refractivity contribution < 1.29 is 0 Å². The topological polar surface area (TPSA) is 4.93 Å². The smallest absolute Gasteiger partial charge is 0.0534 e. The van der Waals surface area contributed by atoms with Crippen LogP contribution in [-0.2, 0) is 0 Å². The number of aromatic nitrogens is 1. The minimum atomic E-state index is 1.20. The molecule has 1 heterocycles. The standard InChI is InChI=1S/C19H15N/c1-14-6-5-9-17-16(14)10-11-19-18(17)12-13-20(19)15-7-3-2-4-8-15/h2-13H,1H3.